The van der Waals surface area contributed by atoms with Gasteiger partial charge in [0, 0.05) is 40.2 Å². The van der Waals surface area contributed by atoms with Crippen molar-refractivity contribution in [2.45, 2.75) is 32.2 Å². The number of methoxy groups -OCH3 is 1. The van der Waals surface area contributed by atoms with Gasteiger partial charge >= 0.3 is 6.09 Å². The minimum Gasteiger partial charge on any atom is -0.497 e. The number of carbonyl (C=O) groups excluding carboxylic acids is 1. The Bertz CT molecular complexity index is 1340. The average Bonchev–Trinajstić information content (AvgIpc) is 2.85. The molecule has 3 aromatic rings. The third-order valence-electron chi connectivity index (χ3n) is 4.97. The van der Waals surface area contributed by atoms with Gasteiger partial charge in [0.2, 0.25) is 5.95 Å². The van der Waals surface area contributed by atoms with Crippen LogP contribution in [0.3, 0.4) is 0 Å². The predicted octanol–water partition coefficient (Wildman–Crippen LogP) is 5.08. The number of hydrogen-bond acceptors (Lipinski definition) is 9. The van der Waals surface area contributed by atoms with Crippen LogP contribution in [0.2, 0.25) is 0 Å². The van der Waals surface area contributed by atoms with Crippen LogP contribution in [-0.2, 0) is 14.5 Å². The van der Waals surface area contributed by atoms with Gasteiger partial charge < -0.3 is 25.2 Å². The van der Waals surface area contributed by atoms with Crippen LogP contribution in [0.1, 0.15) is 21.3 Å². The zero-order valence-corrected chi connectivity index (χ0v) is 21.1. The number of halogens is 1. The summed E-state index contributed by atoms with van der Waals surface area (Å²) in [6.07, 6.45) is 1.93. The molecular weight excluding hydrogens is 501 g/mol. The summed E-state index contributed by atoms with van der Waals surface area (Å²) in [6, 6.07) is 10.4. The number of nitrogens with one attached hydrogen (secondary N) is 2. The second kappa shape index (κ2) is 13.0. The number of benzene rings is 2. The summed E-state index contributed by atoms with van der Waals surface area (Å²) >= 11 is 0. The zero-order chi connectivity index (χ0) is 26.3. The minimum atomic E-state index is -2.98. The summed E-state index contributed by atoms with van der Waals surface area (Å²) in [6.45, 7) is 3.36. The quantitative estimate of drug-likeness (QED) is 0.344. The maximum absolute atomic E-state index is 14.6. The van der Waals surface area contributed by atoms with E-state index in [0.717, 1.165) is 0 Å². The van der Waals surface area contributed by atoms with E-state index in [0.29, 0.717) is 27.7 Å². The smallest absolute Gasteiger partial charge is 0.442 e. The molecule has 0 aliphatic carbocycles. The fraction of sp³-hybridized carbons (Fsp3) is 0.320. The molecular formula is C25H32FN5O5S. The van der Waals surface area contributed by atoms with Gasteiger partial charge in [-0.2, -0.15) is 4.98 Å². The van der Waals surface area contributed by atoms with Crippen LogP contribution in [0.25, 0.3) is 11.1 Å². The Morgan fingerprint density at radius 3 is 2.54 bits per heavy atom. The Balaban J connectivity index is 0.00000481. The van der Waals surface area contributed by atoms with Crippen molar-refractivity contribution < 1.29 is 28.0 Å². The Morgan fingerprint density at radius 2 is 1.92 bits per heavy atom. The van der Waals surface area contributed by atoms with E-state index < -0.39 is 21.6 Å². The lowest BCUT2D eigenvalue weighted by atomic mass is 10.1. The van der Waals surface area contributed by atoms with Crippen LogP contribution >= 0.6 is 0 Å². The number of nitrogens with zero attached hydrogens (tertiary/aromatic N) is 3. The number of anilines is 3. The second-order valence-corrected chi connectivity index (χ2v) is 10.0. The lowest BCUT2D eigenvalue weighted by molar-refractivity contribution is 0.164. The topological polar surface area (TPSA) is 135 Å². The molecule has 2 atom stereocenters. The minimum absolute atomic E-state index is 0. The van der Waals surface area contributed by atoms with E-state index in [1.807, 2.05) is 0 Å². The maximum Gasteiger partial charge on any atom is 0.442 e. The summed E-state index contributed by atoms with van der Waals surface area (Å²) < 4.78 is 41.0. The molecule has 0 bridgehead atoms. The van der Waals surface area contributed by atoms with Gasteiger partial charge in [-0.05, 0) is 56.3 Å². The number of ether oxygens (including phenoxy) is 2. The van der Waals surface area contributed by atoms with Crippen LogP contribution in [0.15, 0.2) is 57.9 Å². The van der Waals surface area contributed by atoms with Crippen molar-refractivity contribution in [2.24, 2.45) is 4.36 Å². The Labute approximate surface area is 216 Å². The van der Waals surface area contributed by atoms with Crippen molar-refractivity contribution in [3.05, 3.63) is 54.5 Å². The molecule has 0 fully saturated rings. The third kappa shape index (κ3) is 7.61. The normalized spacial score (nSPS) is 12.9. The van der Waals surface area contributed by atoms with Gasteiger partial charge in [0.25, 0.3) is 0 Å². The average molecular weight is 534 g/mol. The van der Waals surface area contributed by atoms with Crippen LogP contribution in [0, 0.1) is 5.82 Å². The van der Waals surface area contributed by atoms with E-state index in [2.05, 4.69) is 25.0 Å². The number of amides is 1. The second-order valence-electron chi connectivity index (χ2n) is 7.77. The Hall–Kier alpha value is -3.77. The van der Waals surface area contributed by atoms with E-state index in [1.54, 1.807) is 38.1 Å². The summed E-state index contributed by atoms with van der Waals surface area (Å²) in [5.41, 5.74) is 1.20. The van der Waals surface area contributed by atoms with Crippen LogP contribution in [-0.4, -0.2) is 58.0 Å². The van der Waals surface area contributed by atoms with Crippen molar-refractivity contribution in [1.82, 2.24) is 9.97 Å². The first kappa shape index (κ1) is 29.5. The molecule has 12 heteroatoms. The SMILES string of the molecule is C.CCOC(=O)N=S(C)(=O)c1ccc(Nc2ncc(-c3cc(OC)ccc3F)c(N[C@H](C)CO)n2)cc1. The van der Waals surface area contributed by atoms with E-state index in [9.17, 15) is 18.5 Å². The highest BCUT2D eigenvalue weighted by Gasteiger charge is 2.17. The molecule has 1 heterocycles. The highest BCUT2D eigenvalue weighted by molar-refractivity contribution is 7.93. The summed E-state index contributed by atoms with van der Waals surface area (Å²) in [4.78, 5) is 20.7. The molecule has 37 heavy (non-hydrogen) atoms. The van der Waals surface area contributed by atoms with Crippen molar-refractivity contribution >= 4 is 33.3 Å². The molecule has 1 aromatic heterocycles. The van der Waals surface area contributed by atoms with Crippen LogP contribution < -0.4 is 15.4 Å². The van der Waals surface area contributed by atoms with Gasteiger partial charge in [-0.15, -0.1) is 4.36 Å². The molecule has 0 aliphatic rings. The number of rotatable bonds is 9. The van der Waals surface area contributed by atoms with E-state index >= 15 is 0 Å². The molecule has 1 amide bonds. The first-order valence-corrected chi connectivity index (χ1v) is 12.9. The number of carbonyl (C=O) groups is 1. The number of aliphatic hydroxyl groups excluding tert-OH is 1. The Kier molecular flexibility index (Phi) is 10.3. The van der Waals surface area contributed by atoms with Gasteiger partial charge in [-0.25, -0.2) is 18.4 Å². The lowest BCUT2D eigenvalue weighted by Crippen LogP contribution is -2.21. The number of hydrogen-bond donors (Lipinski definition) is 3. The molecule has 3 rings (SSSR count). The van der Waals surface area contributed by atoms with Gasteiger partial charge in [-0.1, -0.05) is 7.43 Å². The predicted molar refractivity (Wildman–Crippen MR) is 142 cm³/mol. The summed E-state index contributed by atoms with van der Waals surface area (Å²) in [5.74, 6) is 0.502. The first-order valence-electron chi connectivity index (χ1n) is 11.0. The molecule has 0 aliphatic heterocycles. The van der Waals surface area contributed by atoms with Gasteiger partial charge in [0.15, 0.2) is 0 Å². The van der Waals surface area contributed by atoms with Gasteiger partial charge in [0.05, 0.1) is 30.1 Å². The van der Waals surface area contributed by atoms with E-state index in [-0.39, 0.29) is 38.2 Å². The number of aromatic nitrogens is 2. The molecule has 1 unspecified atom stereocenters. The van der Waals surface area contributed by atoms with Crippen molar-refractivity contribution in [3.8, 4) is 16.9 Å². The zero-order valence-electron chi connectivity index (χ0n) is 20.3. The third-order valence-corrected chi connectivity index (χ3v) is 6.62. The molecule has 2 aromatic carbocycles. The van der Waals surface area contributed by atoms with Crippen molar-refractivity contribution in [1.29, 1.82) is 0 Å². The molecule has 0 radical (unpaired) electrons. The molecule has 0 saturated heterocycles. The Morgan fingerprint density at radius 1 is 1.22 bits per heavy atom. The summed E-state index contributed by atoms with van der Waals surface area (Å²) in [7, 11) is -1.49. The van der Waals surface area contributed by atoms with Crippen LogP contribution in [0.5, 0.6) is 5.75 Å². The van der Waals surface area contributed by atoms with Crippen molar-refractivity contribution in [2.75, 3.05) is 37.2 Å². The highest BCUT2D eigenvalue weighted by Crippen LogP contribution is 2.32. The van der Waals surface area contributed by atoms with E-state index in [4.69, 9.17) is 9.47 Å². The first-order chi connectivity index (χ1) is 17.2. The fourth-order valence-corrected chi connectivity index (χ4v) is 4.21. The fourth-order valence-electron chi connectivity index (χ4n) is 3.13. The van der Waals surface area contributed by atoms with Gasteiger partial charge in [0.1, 0.15) is 17.4 Å². The monoisotopic (exact) mass is 533 g/mol. The maximum atomic E-state index is 14.6. The molecule has 200 valence electrons. The molecule has 0 saturated carbocycles. The van der Waals surface area contributed by atoms with Crippen LogP contribution in [0.4, 0.5) is 26.6 Å². The van der Waals surface area contributed by atoms with Crippen molar-refractivity contribution in [3.63, 3.8) is 0 Å². The largest absolute Gasteiger partial charge is 0.497 e. The molecule has 0 spiro atoms. The standard InChI is InChI=1S/C24H28FN5O5S.CH4/c1-5-35-24(32)30-36(4,33)18-9-6-16(7-10-18)28-23-26-13-20(22(29-23)27-15(2)14-31)19-12-17(34-3)8-11-21(19)25;/h6-13,15,31H,5,14H2,1-4H3,(H2,26,27,28,29);1H4/t15-,36?;/m1./s1. The van der Waals surface area contributed by atoms with Gasteiger partial charge in [-0.3, -0.25) is 0 Å². The lowest BCUT2D eigenvalue weighted by Gasteiger charge is -2.17. The molecule has 10 nitrogen and oxygen atoms in total. The molecule has 3 N–H and O–H groups in total. The number of aliphatic hydroxyl groups is 1. The summed E-state index contributed by atoms with van der Waals surface area (Å²) in [5, 5.41) is 15.6. The van der Waals surface area contributed by atoms with E-state index in [1.165, 1.54) is 37.8 Å². The highest BCUT2D eigenvalue weighted by atomic mass is 32.2.